The van der Waals surface area contributed by atoms with Crippen molar-refractivity contribution in [3.05, 3.63) is 36.0 Å². The van der Waals surface area contributed by atoms with Gasteiger partial charge in [-0.05, 0) is 36.4 Å². The monoisotopic (exact) mass is 231 g/mol. The highest BCUT2D eigenvalue weighted by molar-refractivity contribution is 5.80. The third-order valence-corrected chi connectivity index (χ3v) is 2.85. The van der Waals surface area contributed by atoms with Crippen LogP contribution >= 0.6 is 0 Å². The SMILES string of the molecule is Cc1ccc2c(ccn2CCOCC(C)C)c1. The van der Waals surface area contributed by atoms with Crippen LogP contribution in [0.3, 0.4) is 0 Å². The van der Waals surface area contributed by atoms with Crippen molar-refractivity contribution in [2.24, 2.45) is 5.92 Å². The molecule has 1 aromatic heterocycles. The van der Waals surface area contributed by atoms with Gasteiger partial charge >= 0.3 is 0 Å². The van der Waals surface area contributed by atoms with Gasteiger partial charge in [-0.3, -0.25) is 0 Å². The lowest BCUT2D eigenvalue weighted by molar-refractivity contribution is 0.104. The summed E-state index contributed by atoms with van der Waals surface area (Å²) in [6.07, 6.45) is 2.14. The van der Waals surface area contributed by atoms with Crippen LogP contribution in [0.25, 0.3) is 10.9 Å². The quantitative estimate of drug-likeness (QED) is 0.717. The highest BCUT2D eigenvalue weighted by atomic mass is 16.5. The van der Waals surface area contributed by atoms with Crippen molar-refractivity contribution in [3.8, 4) is 0 Å². The van der Waals surface area contributed by atoms with E-state index in [1.807, 2.05) is 0 Å². The van der Waals surface area contributed by atoms with E-state index in [4.69, 9.17) is 4.74 Å². The molecule has 0 fully saturated rings. The molecule has 0 bridgehead atoms. The first-order chi connectivity index (χ1) is 8.16. The zero-order valence-corrected chi connectivity index (χ0v) is 10.9. The molecule has 0 amide bonds. The molecule has 0 unspecified atom stereocenters. The van der Waals surface area contributed by atoms with Gasteiger partial charge in [0.25, 0.3) is 0 Å². The van der Waals surface area contributed by atoms with Gasteiger partial charge < -0.3 is 9.30 Å². The fourth-order valence-electron chi connectivity index (χ4n) is 2.00. The van der Waals surface area contributed by atoms with Crippen LogP contribution in [0.4, 0.5) is 0 Å². The normalized spacial score (nSPS) is 11.5. The summed E-state index contributed by atoms with van der Waals surface area (Å²) in [6, 6.07) is 8.74. The topological polar surface area (TPSA) is 14.2 Å². The van der Waals surface area contributed by atoms with Crippen LogP contribution in [-0.2, 0) is 11.3 Å². The van der Waals surface area contributed by atoms with Gasteiger partial charge in [0, 0.05) is 24.9 Å². The Morgan fingerprint density at radius 1 is 1.24 bits per heavy atom. The third kappa shape index (κ3) is 3.10. The molecular formula is C15H21NO. The summed E-state index contributed by atoms with van der Waals surface area (Å²) in [5.41, 5.74) is 2.61. The molecule has 1 aromatic carbocycles. The fraction of sp³-hybridized carbons (Fsp3) is 0.467. The van der Waals surface area contributed by atoms with Gasteiger partial charge in [-0.15, -0.1) is 0 Å². The summed E-state index contributed by atoms with van der Waals surface area (Å²) >= 11 is 0. The van der Waals surface area contributed by atoms with Crippen LogP contribution in [0, 0.1) is 12.8 Å². The van der Waals surface area contributed by atoms with Crippen LogP contribution < -0.4 is 0 Å². The summed E-state index contributed by atoms with van der Waals surface area (Å²) in [5, 5.41) is 1.31. The van der Waals surface area contributed by atoms with Crippen molar-refractivity contribution in [2.75, 3.05) is 13.2 Å². The van der Waals surface area contributed by atoms with E-state index in [0.717, 1.165) is 19.8 Å². The second-order valence-electron chi connectivity index (χ2n) is 5.04. The number of ether oxygens (including phenoxy) is 1. The van der Waals surface area contributed by atoms with Gasteiger partial charge in [0.2, 0.25) is 0 Å². The maximum atomic E-state index is 5.62. The predicted octanol–water partition coefficient (Wildman–Crippen LogP) is 3.62. The Hall–Kier alpha value is -1.28. The van der Waals surface area contributed by atoms with Gasteiger partial charge in [0.1, 0.15) is 0 Å². The Kier molecular flexibility index (Phi) is 3.85. The molecule has 2 rings (SSSR count). The van der Waals surface area contributed by atoms with Crippen molar-refractivity contribution in [2.45, 2.75) is 27.3 Å². The molecule has 0 atom stereocenters. The second-order valence-corrected chi connectivity index (χ2v) is 5.04. The van der Waals surface area contributed by atoms with Crippen LogP contribution in [-0.4, -0.2) is 17.8 Å². The van der Waals surface area contributed by atoms with E-state index in [9.17, 15) is 0 Å². The maximum absolute atomic E-state index is 5.62. The summed E-state index contributed by atoms with van der Waals surface area (Å²) < 4.78 is 7.88. The van der Waals surface area contributed by atoms with Gasteiger partial charge in [-0.25, -0.2) is 0 Å². The molecule has 0 saturated heterocycles. The molecule has 0 aliphatic carbocycles. The van der Waals surface area contributed by atoms with Gasteiger partial charge in [0.05, 0.1) is 6.61 Å². The number of rotatable bonds is 5. The summed E-state index contributed by atoms with van der Waals surface area (Å²) in [7, 11) is 0. The first-order valence-electron chi connectivity index (χ1n) is 6.30. The van der Waals surface area contributed by atoms with Crippen molar-refractivity contribution >= 4 is 10.9 Å². The first-order valence-corrected chi connectivity index (χ1v) is 6.30. The molecule has 0 aliphatic rings. The van der Waals surface area contributed by atoms with E-state index in [1.165, 1.54) is 16.5 Å². The predicted molar refractivity (Wildman–Crippen MR) is 72.3 cm³/mol. The number of fused-ring (bicyclic) bond motifs is 1. The van der Waals surface area contributed by atoms with Crippen LogP contribution in [0.1, 0.15) is 19.4 Å². The molecule has 0 radical (unpaired) electrons. The van der Waals surface area contributed by atoms with Crippen LogP contribution in [0.5, 0.6) is 0 Å². The Balaban J connectivity index is 1.99. The third-order valence-electron chi connectivity index (χ3n) is 2.85. The lowest BCUT2D eigenvalue weighted by Gasteiger charge is -2.08. The Bertz CT molecular complexity index is 485. The van der Waals surface area contributed by atoms with E-state index < -0.39 is 0 Å². The second kappa shape index (κ2) is 5.37. The zero-order valence-electron chi connectivity index (χ0n) is 10.9. The number of hydrogen-bond acceptors (Lipinski definition) is 1. The molecule has 0 N–H and O–H groups in total. The molecular weight excluding hydrogens is 210 g/mol. The Labute approximate surface area is 103 Å². The standard InChI is InChI=1S/C15H21NO/c1-12(2)11-17-9-8-16-7-6-14-10-13(3)4-5-15(14)16/h4-7,10,12H,8-9,11H2,1-3H3. The number of aryl methyl sites for hydroxylation is 1. The summed E-state index contributed by atoms with van der Waals surface area (Å²) in [5.74, 6) is 0.610. The highest BCUT2D eigenvalue weighted by Gasteiger charge is 2.01. The first kappa shape index (κ1) is 12.2. The minimum Gasteiger partial charge on any atom is -0.379 e. The van der Waals surface area contributed by atoms with Crippen LogP contribution in [0.15, 0.2) is 30.5 Å². The van der Waals surface area contributed by atoms with E-state index in [1.54, 1.807) is 0 Å². The molecule has 17 heavy (non-hydrogen) atoms. The van der Waals surface area contributed by atoms with E-state index in [0.29, 0.717) is 5.92 Å². The molecule has 0 aliphatic heterocycles. The van der Waals surface area contributed by atoms with Crippen molar-refractivity contribution in [1.29, 1.82) is 0 Å². The number of nitrogens with zero attached hydrogens (tertiary/aromatic N) is 1. The highest BCUT2D eigenvalue weighted by Crippen LogP contribution is 2.17. The van der Waals surface area contributed by atoms with E-state index in [-0.39, 0.29) is 0 Å². The molecule has 2 heteroatoms. The Morgan fingerprint density at radius 2 is 2.06 bits per heavy atom. The molecule has 0 saturated carbocycles. The summed E-state index contributed by atoms with van der Waals surface area (Å²) in [4.78, 5) is 0. The number of benzene rings is 1. The largest absolute Gasteiger partial charge is 0.379 e. The Morgan fingerprint density at radius 3 is 2.82 bits per heavy atom. The zero-order chi connectivity index (χ0) is 12.3. The minimum absolute atomic E-state index is 0.610. The maximum Gasteiger partial charge on any atom is 0.0645 e. The minimum atomic E-state index is 0.610. The number of hydrogen-bond donors (Lipinski definition) is 0. The number of aromatic nitrogens is 1. The smallest absolute Gasteiger partial charge is 0.0645 e. The van der Waals surface area contributed by atoms with Crippen LogP contribution in [0.2, 0.25) is 0 Å². The summed E-state index contributed by atoms with van der Waals surface area (Å²) in [6.45, 7) is 9.04. The van der Waals surface area contributed by atoms with Gasteiger partial charge in [-0.1, -0.05) is 25.5 Å². The lowest BCUT2D eigenvalue weighted by atomic mass is 10.2. The molecule has 0 spiro atoms. The molecule has 92 valence electrons. The molecule has 2 aromatic rings. The average Bonchev–Trinajstić information content (AvgIpc) is 2.66. The lowest BCUT2D eigenvalue weighted by Crippen LogP contribution is -2.08. The van der Waals surface area contributed by atoms with E-state index >= 15 is 0 Å². The molecule has 2 nitrogen and oxygen atoms in total. The van der Waals surface area contributed by atoms with Crippen molar-refractivity contribution in [3.63, 3.8) is 0 Å². The van der Waals surface area contributed by atoms with Gasteiger partial charge in [-0.2, -0.15) is 0 Å². The van der Waals surface area contributed by atoms with Crippen molar-refractivity contribution in [1.82, 2.24) is 4.57 Å². The molecule has 1 heterocycles. The van der Waals surface area contributed by atoms with Gasteiger partial charge in [0.15, 0.2) is 0 Å². The average molecular weight is 231 g/mol. The fourth-order valence-corrected chi connectivity index (χ4v) is 2.00. The van der Waals surface area contributed by atoms with E-state index in [2.05, 4.69) is 55.8 Å². The van der Waals surface area contributed by atoms with Crippen molar-refractivity contribution < 1.29 is 4.74 Å².